The fourth-order valence-electron chi connectivity index (χ4n) is 6.56. The molecule has 10 heteroatoms. The van der Waals surface area contributed by atoms with Gasteiger partial charge >= 0.3 is 0 Å². The number of piperidine rings is 1. The largest absolute Gasteiger partial charge is 0.398 e. The summed E-state index contributed by atoms with van der Waals surface area (Å²) in [6, 6.07) is 6.07. The van der Waals surface area contributed by atoms with Crippen LogP contribution in [0.1, 0.15) is 50.8 Å². The highest BCUT2D eigenvalue weighted by atomic mass is 19.1. The van der Waals surface area contributed by atoms with Crippen LogP contribution < -0.4 is 21.1 Å². The van der Waals surface area contributed by atoms with Crippen LogP contribution in [-0.2, 0) is 4.79 Å². The second kappa shape index (κ2) is 9.89. The van der Waals surface area contributed by atoms with Crippen molar-refractivity contribution < 1.29 is 18.0 Å². The Morgan fingerprint density at radius 2 is 1.74 bits per heavy atom. The van der Waals surface area contributed by atoms with Gasteiger partial charge in [0.25, 0.3) is 5.56 Å². The number of aromatic nitrogens is 2. The van der Waals surface area contributed by atoms with Gasteiger partial charge in [0.1, 0.15) is 23.4 Å². The molecular formula is C32H32F3N5O2. The minimum atomic E-state index is -1.12. The van der Waals surface area contributed by atoms with E-state index in [1.807, 2.05) is 25.7 Å². The predicted molar refractivity (Wildman–Crippen MR) is 159 cm³/mol. The molecule has 218 valence electrons. The molecule has 7 nitrogen and oxygen atoms in total. The molecule has 0 bridgehead atoms. The Morgan fingerprint density at radius 1 is 1.00 bits per heavy atom. The molecule has 0 spiro atoms. The number of pyridine rings is 2. The zero-order chi connectivity index (χ0) is 30.2. The summed E-state index contributed by atoms with van der Waals surface area (Å²) in [5.74, 6) is -3.29. The first-order valence-corrected chi connectivity index (χ1v) is 14.1. The van der Waals surface area contributed by atoms with Crippen molar-refractivity contribution in [2.24, 2.45) is 5.92 Å². The summed E-state index contributed by atoms with van der Waals surface area (Å²) in [5.41, 5.74) is 5.74. The van der Waals surface area contributed by atoms with E-state index in [1.54, 1.807) is 19.2 Å². The van der Waals surface area contributed by atoms with Crippen LogP contribution in [0.3, 0.4) is 0 Å². The topological polar surface area (TPSA) is 84.5 Å². The third-order valence-electron chi connectivity index (χ3n) is 8.58. The number of likely N-dealkylation sites (N-methyl/N-ethyl adjacent to an activating group) is 1. The summed E-state index contributed by atoms with van der Waals surface area (Å²) < 4.78 is 49.5. The molecule has 42 heavy (non-hydrogen) atoms. The van der Waals surface area contributed by atoms with Crippen LogP contribution in [0.2, 0.25) is 0 Å². The monoisotopic (exact) mass is 575 g/mol. The molecular weight excluding hydrogens is 543 g/mol. The highest BCUT2D eigenvalue weighted by Gasteiger charge is 2.43. The van der Waals surface area contributed by atoms with Crippen molar-refractivity contribution in [1.29, 1.82) is 0 Å². The standard InChI is InChI=1S/C32H32F3N5O2/c1-15(2)26-27(17(4)11-12-37-26)40-28-18(13-20(34)24(25(28)35)23-19(33)7-6-8-21(23)36)29-30(32(40)42)38(5)31(41)22-10-9-16(3)14-39(22)29/h6-8,11-13,15-16,22H,9-10,14,36H2,1-5H3/t16-,22+/m0/s1. The van der Waals surface area contributed by atoms with Crippen LogP contribution >= 0.6 is 0 Å². The molecule has 0 radical (unpaired) electrons. The Balaban J connectivity index is 1.86. The molecule has 2 aromatic heterocycles. The van der Waals surface area contributed by atoms with Crippen LogP contribution in [0, 0.1) is 30.3 Å². The van der Waals surface area contributed by atoms with Crippen molar-refractivity contribution in [3.63, 3.8) is 0 Å². The van der Waals surface area contributed by atoms with Gasteiger partial charge < -0.3 is 15.5 Å². The summed E-state index contributed by atoms with van der Waals surface area (Å²) in [6.45, 7) is 8.04. The molecule has 4 aromatic rings. The highest BCUT2D eigenvalue weighted by molar-refractivity contribution is 6.12. The molecule has 1 fully saturated rings. The smallest absolute Gasteiger partial charge is 0.281 e. The quantitative estimate of drug-likeness (QED) is 0.300. The van der Waals surface area contributed by atoms with Gasteiger partial charge in [0.15, 0.2) is 5.82 Å². The van der Waals surface area contributed by atoms with Crippen molar-refractivity contribution in [1.82, 2.24) is 9.55 Å². The highest BCUT2D eigenvalue weighted by Crippen LogP contribution is 2.46. The first-order chi connectivity index (χ1) is 19.9. The van der Waals surface area contributed by atoms with Crippen LogP contribution in [0.15, 0.2) is 41.3 Å². The molecule has 0 saturated carbocycles. The maximum absolute atomic E-state index is 17.1. The zero-order valence-corrected chi connectivity index (χ0v) is 24.1. The number of aryl methyl sites for hydroxylation is 1. The van der Waals surface area contributed by atoms with E-state index in [4.69, 9.17) is 5.73 Å². The fraction of sp³-hybridized carbons (Fsp3) is 0.344. The lowest BCUT2D eigenvalue weighted by atomic mass is 9.89. The van der Waals surface area contributed by atoms with Crippen LogP contribution in [0.4, 0.5) is 30.2 Å². The van der Waals surface area contributed by atoms with E-state index in [9.17, 15) is 9.59 Å². The summed E-state index contributed by atoms with van der Waals surface area (Å²) >= 11 is 0. The van der Waals surface area contributed by atoms with Crippen molar-refractivity contribution in [3.05, 3.63) is 75.6 Å². The lowest BCUT2D eigenvalue weighted by Crippen LogP contribution is -2.57. The molecule has 0 aliphatic carbocycles. The zero-order valence-electron chi connectivity index (χ0n) is 24.1. The number of hydrogen-bond donors (Lipinski definition) is 1. The van der Waals surface area contributed by atoms with E-state index in [0.29, 0.717) is 35.6 Å². The second-order valence-electron chi connectivity index (χ2n) is 11.7. The second-order valence-corrected chi connectivity index (χ2v) is 11.7. The number of fused-ring (bicyclic) bond motifs is 5. The molecule has 6 rings (SSSR count). The minimum absolute atomic E-state index is 0.0350. The predicted octanol–water partition coefficient (Wildman–Crippen LogP) is 6.07. The molecule has 1 amide bonds. The number of halogens is 3. The molecule has 0 unspecified atom stereocenters. The number of nitrogens with two attached hydrogens (primary N) is 1. The third-order valence-corrected chi connectivity index (χ3v) is 8.58. The van der Waals surface area contributed by atoms with Gasteiger partial charge in [0.05, 0.1) is 28.1 Å². The van der Waals surface area contributed by atoms with Crippen molar-refractivity contribution in [2.75, 3.05) is 29.1 Å². The number of carbonyl (C=O) groups excluding carboxylic acids is 1. The van der Waals surface area contributed by atoms with E-state index in [2.05, 4.69) is 4.98 Å². The Bertz CT molecular complexity index is 1830. The van der Waals surface area contributed by atoms with E-state index in [0.717, 1.165) is 18.6 Å². The molecule has 2 N–H and O–H groups in total. The number of amides is 1. The van der Waals surface area contributed by atoms with Crippen molar-refractivity contribution in [3.8, 4) is 16.8 Å². The maximum Gasteiger partial charge on any atom is 0.281 e. The molecule has 2 aliphatic rings. The normalized spacial score (nSPS) is 18.5. The van der Waals surface area contributed by atoms with Crippen molar-refractivity contribution >= 4 is 33.9 Å². The van der Waals surface area contributed by atoms with E-state index in [-0.39, 0.29) is 40.0 Å². The maximum atomic E-state index is 17.1. The van der Waals surface area contributed by atoms with E-state index >= 15 is 13.2 Å². The first kappa shape index (κ1) is 27.8. The van der Waals surface area contributed by atoms with Gasteiger partial charge in [-0.2, -0.15) is 0 Å². The SMILES string of the molecule is Cc1ccnc(C(C)C)c1-n1c(=O)c2c(c3cc(F)c(-c4c(N)cccc4F)c(F)c31)N1C[C@@H](C)CC[C@@H]1C(=O)N2C. The average Bonchev–Trinajstić information content (AvgIpc) is 2.93. The number of carbonyl (C=O) groups is 1. The van der Waals surface area contributed by atoms with Gasteiger partial charge in [0, 0.05) is 36.4 Å². The van der Waals surface area contributed by atoms with Gasteiger partial charge in [-0.1, -0.05) is 26.8 Å². The van der Waals surface area contributed by atoms with Gasteiger partial charge in [0.2, 0.25) is 5.91 Å². The summed E-state index contributed by atoms with van der Waals surface area (Å²) in [6.07, 6.45) is 2.95. The number of nitrogen functional groups attached to an aromatic ring is 1. The Labute approximate surface area is 241 Å². The Hall–Kier alpha value is -4.34. The van der Waals surface area contributed by atoms with Crippen LogP contribution in [0.25, 0.3) is 27.7 Å². The minimum Gasteiger partial charge on any atom is -0.398 e. The van der Waals surface area contributed by atoms with Crippen LogP contribution in [0.5, 0.6) is 0 Å². The molecule has 2 aromatic carbocycles. The molecule has 4 heterocycles. The fourth-order valence-corrected chi connectivity index (χ4v) is 6.56. The summed E-state index contributed by atoms with van der Waals surface area (Å²) in [7, 11) is 1.52. The number of hydrogen-bond acceptors (Lipinski definition) is 5. The summed E-state index contributed by atoms with van der Waals surface area (Å²) in [5, 5.41) is 0.106. The Kier molecular flexibility index (Phi) is 6.55. The molecule has 2 aliphatic heterocycles. The molecule has 2 atom stereocenters. The Morgan fingerprint density at radius 3 is 2.43 bits per heavy atom. The number of rotatable bonds is 3. The number of anilines is 3. The lowest BCUT2D eigenvalue weighted by molar-refractivity contribution is -0.120. The average molecular weight is 576 g/mol. The lowest BCUT2D eigenvalue weighted by Gasteiger charge is -2.46. The van der Waals surface area contributed by atoms with Gasteiger partial charge in [-0.15, -0.1) is 0 Å². The molecule has 1 saturated heterocycles. The third kappa shape index (κ3) is 3.91. The van der Waals surface area contributed by atoms with Crippen LogP contribution in [-0.4, -0.2) is 35.1 Å². The number of benzene rings is 2. The van der Waals surface area contributed by atoms with E-state index < -0.39 is 40.2 Å². The number of nitrogens with zero attached hydrogens (tertiary/aromatic N) is 4. The van der Waals surface area contributed by atoms with Gasteiger partial charge in [-0.05, 0) is 61.4 Å². The van der Waals surface area contributed by atoms with E-state index in [1.165, 1.54) is 28.6 Å². The first-order valence-electron chi connectivity index (χ1n) is 14.1. The van der Waals surface area contributed by atoms with Gasteiger partial charge in [-0.3, -0.25) is 19.1 Å². The summed E-state index contributed by atoms with van der Waals surface area (Å²) in [4.78, 5) is 35.9. The van der Waals surface area contributed by atoms with Gasteiger partial charge in [-0.25, -0.2) is 13.2 Å². The van der Waals surface area contributed by atoms with Crippen molar-refractivity contribution in [2.45, 2.75) is 52.5 Å².